The Balaban J connectivity index is 2.63. The minimum absolute atomic E-state index is 0.0157. The zero-order valence-electron chi connectivity index (χ0n) is 9.68. The molecule has 2 aromatic rings. The van der Waals surface area contributed by atoms with Crippen LogP contribution in [0.3, 0.4) is 0 Å². The van der Waals surface area contributed by atoms with Crippen LogP contribution in [-0.4, -0.2) is 18.5 Å². The molecule has 0 radical (unpaired) electrons. The smallest absolute Gasteiger partial charge is 0.161 e. The van der Waals surface area contributed by atoms with Crippen LogP contribution in [0.4, 0.5) is 0 Å². The molecule has 0 bridgehead atoms. The van der Waals surface area contributed by atoms with Gasteiger partial charge in [-0.1, -0.05) is 23.7 Å². The molecule has 0 saturated carbocycles. The van der Waals surface area contributed by atoms with Gasteiger partial charge in [0.25, 0.3) is 0 Å². The summed E-state index contributed by atoms with van der Waals surface area (Å²) in [6.07, 6.45) is 0.720. The first-order valence-electron chi connectivity index (χ1n) is 5.28. The molecule has 0 spiro atoms. The highest BCUT2D eigenvalue weighted by Gasteiger charge is 2.11. The molecule has 1 N–H and O–H groups in total. The van der Waals surface area contributed by atoms with Crippen LogP contribution in [0.5, 0.6) is 11.5 Å². The summed E-state index contributed by atoms with van der Waals surface area (Å²) in [6.45, 7) is 0. The van der Waals surface area contributed by atoms with Crippen LogP contribution in [0, 0.1) is 0 Å². The van der Waals surface area contributed by atoms with E-state index in [1.54, 1.807) is 18.2 Å². The Morgan fingerprint density at radius 3 is 2.67 bits per heavy atom. The highest BCUT2D eigenvalue weighted by molar-refractivity contribution is 6.30. The number of carbonyl (C=O) groups is 1. The van der Waals surface area contributed by atoms with Gasteiger partial charge in [0.2, 0.25) is 0 Å². The predicted octanol–water partition coefficient (Wildman–Crippen LogP) is 3.53. The number of ether oxygens (including phenoxy) is 1. The number of hydrogen-bond donors (Lipinski definition) is 1. The topological polar surface area (TPSA) is 46.5 Å². The van der Waals surface area contributed by atoms with E-state index in [9.17, 15) is 9.90 Å². The van der Waals surface area contributed by atoms with Gasteiger partial charge in [-0.2, -0.15) is 0 Å². The maximum Gasteiger partial charge on any atom is 0.161 e. The van der Waals surface area contributed by atoms with Crippen LogP contribution in [0.1, 0.15) is 10.4 Å². The molecule has 0 aromatic heterocycles. The van der Waals surface area contributed by atoms with Crippen molar-refractivity contribution in [2.24, 2.45) is 0 Å². The molecule has 18 heavy (non-hydrogen) atoms. The molecule has 0 heterocycles. The maximum atomic E-state index is 11.1. The first-order chi connectivity index (χ1) is 8.65. The second-order valence-electron chi connectivity index (χ2n) is 3.74. The molecule has 0 saturated heterocycles. The van der Waals surface area contributed by atoms with Gasteiger partial charge in [0.05, 0.1) is 7.11 Å². The summed E-state index contributed by atoms with van der Waals surface area (Å²) in [5.41, 5.74) is 1.82. The molecule has 4 heteroatoms. The third-order valence-corrected chi connectivity index (χ3v) is 2.85. The first kappa shape index (κ1) is 12.5. The number of aldehydes is 1. The summed E-state index contributed by atoms with van der Waals surface area (Å²) in [5.74, 6) is 0.251. The Kier molecular flexibility index (Phi) is 3.53. The van der Waals surface area contributed by atoms with Crippen LogP contribution >= 0.6 is 11.6 Å². The predicted molar refractivity (Wildman–Crippen MR) is 70.5 cm³/mol. The molecule has 92 valence electrons. The Hall–Kier alpha value is -2.00. The Bertz CT molecular complexity index is 594. The normalized spacial score (nSPS) is 10.1. The summed E-state index contributed by atoms with van der Waals surface area (Å²) in [7, 11) is 1.43. The average Bonchev–Trinajstić information content (AvgIpc) is 2.38. The van der Waals surface area contributed by atoms with E-state index in [0.717, 1.165) is 11.8 Å². The number of methoxy groups -OCH3 is 1. The van der Waals surface area contributed by atoms with Gasteiger partial charge < -0.3 is 9.84 Å². The molecule has 0 aliphatic rings. The molecule has 0 fully saturated rings. The number of phenols is 1. The van der Waals surface area contributed by atoms with E-state index in [4.69, 9.17) is 16.3 Å². The lowest BCUT2D eigenvalue weighted by Crippen LogP contribution is -1.91. The van der Waals surface area contributed by atoms with Crippen LogP contribution in [0.25, 0.3) is 11.1 Å². The monoisotopic (exact) mass is 262 g/mol. The molecular formula is C14H11ClO3. The third kappa shape index (κ3) is 2.31. The Morgan fingerprint density at radius 2 is 2.06 bits per heavy atom. The summed E-state index contributed by atoms with van der Waals surface area (Å²) < 4.78 is 4.97. The van der Waals surface area contributed by atoms with E-state index < -0.39 is 0 Å². The van der Waals surface area contributed by atoms with Crippen molar-refractivity contribution in [3.05, 3.63) is 47.0 Å². The fourth-order valence-electron chi connectivity index (χ4n) is 1.75. The standard InChI is InChI=1S/C14H11ClO3/c1-18-14-6-10(8-16)12(7-13(14)17)9-3-2-4-11(15)5-9/h2-8,17H,1H3. The molecule has 3 nitrogen and oxygen atoms in total. The van der Waals surface area contributed by atoms with E-state index in [1.807, 2.05) is 6.07 Å². The minimum atomic E-state index is -0.0157. The SMILES string of the molecule is COc1cc(C=O)c(-c2cccc(Cl)c2)cc1O. The van der Waals surface area contributed by atoms with Crippen molar-refractivity contribution in [3.63, 3.8) is 0 Å². The quantitative estimate of drug-likeness (QED) is 0.861. The average molecular weight is 263 g/mol. The summed E-state index contributed by atoms with van der Waals surface area (Å²) in [6, 6.07) is 10.1. The number of halogens is 1. The second kappa shape index (κ2) is 5.10. The van der Waals surface area contributed by atoms with E-state index in [1.165, 1.54) is 19.2 Å². The number of phenolic OH excluding ortho intramolecular Hbond substituents is 1. The van der Waals surface area contributed by atoms with Crippen molar-refractivity contribution in [3.8, 4) is 22.6 Å². The van der Waals surface area contributed by atoms with Gasteiger partial charge in [0.15, 0.2) is 17.8 Å². The van der Waals surface area contributed by atoms with E-state index in [0.29, 0.717) is 16.1 Å². The molecule has 0 atom stereocenters. The molecule has 0 aliphatic heterocycles. The maximum absolute atomic E-state index is 11.1. The van der Waals surface area contributed by atoms with Crippen LogP contribution < -0.4 is 4.74 Å². The van der Waals surface area contributed by atoms with Crippen molar-refractivity contribution in [1.29, 1.82) is 0 Å². The molecule has 2 rings (SSSR count). The van der Waals surface area contributed by atoms with Gasteiger partial charge in [-0.15, -0.1) is 0 Å². The fraction of sp³-hybridized carbons (Fsp3) is 0.0714. The summed E-state index contributed by atoms with van der Waals surface area (Å²) >= 11 is 5.91. The van der Waals surface area contributed by atoms with Crippen molar-refractivity contribution in [1.82, 2.24) is 0 Å². The third-order valence-electron chi connectivity index (χ3n) is 2.61. The molecule has 2 aromatic carbocycles. The van der Waals surface area contributed by atoms with Gasteiger partial charge in [0.1, 0.15) is 0 Å². The lowest BCUT2D eigenvalue weighted by molar-refractivity contribution is 0.112. The van der Waals surface area contributed by atoms with E-state index >= 15 is 0 Å². The lowest BCUT2D eigenvalue weighted by atomic mass is 9.99. The summed E-state index contributed by atoms with van der Waals surface area (Å²) in [4.78, 5) is 11.1. The van der Waals surface area contributed by atoms with Crippen LogP contribution in [0.15, 0.2) is 36.4 Å². The fourth-order valence-corrected chi connectivity index (χ4v) is 1.94. The number of hydrogen-bond acceptors (Lipinski definition) is 3. The molecule has 0 unspecified atom stereocenters. The van der Waals surface area contributed by atoms with Gasteiger partial charge in [-0.3, -0.25) is 4.79 Å². The largest absolute Gasteiger partial charge is 0.504 e. The Labute approximate surface area is 110 Å². The molecule has 0 aliphatic carbocycles. The van der Waals surface area contributed by atoms with Crippen LogP contribution in [0.2, 0.25) is 5.02 Å². The molecule has 0 amide bonds. The highest BCUT2D eigenvalue weighted by atomic mass is 35.5. The Morgan fingerprint density at radius 1 is 1.28 bits per heavy atom. The zero-order chi connectivity index (χ0) is 13.1. The highest BCUT2D eigenvalue weighted by Crippen LogP contribution is 2.34. The van der Waals surface area contributed by atoms with Crippen LogP contribution in [-0.2, 0) is 0 Å². The van der Waals surface area contributed by atoms with Gasteiger partial charge >= 0.3 is 0 Å². The minimum Gasteiger partial charge on any atom is -0.504 e. The van der Waals surface area contributed by atoms with Crippen molar-refractivity contribution in [2.45, 2.75) is 0 Å². The van der Waals surface area contributed by atoms with Gasteiger partial charge in [-0.25, -0.2) is 0 Å². The number of rotatable bonds is 3. The van der Waals surface area contributed by atoms with E-state index in [2.05, 4.69) is 0 Å². The van der Waals surface area contributed by atoms with E-state index in [-0.39, 0.29) is 11.5 Å². The number of aromatic hydroxyl groups is 1. The van der Waals surface area contributed by atoms with Gasteiger partial charge in [0, 0.05) is 10.6 Å². The van der Waals surface area contributed by atoms with Crippen molar-refractivity contribution < 1.29 is 14.6 Å². The summed E-state index contributed by atoms with van der Waals surface area (Å²) in [5, 5.41) is 10.3. The van der Waals surface area contributed by atoms with Gasteiger partial charge in [-0.05, 0) is 35.4 Å². The van der Waals surface area contributed by atoms with Crippen molar-refractivity contribution in [2.75, 3.05) is 7.11 Å². The number of carbonyl (C=O) groups excluding carboxylic acids is 1. The number of benzene rings is 2. The second-order valence-corrected chi connectivity index (χ2v) is 4.18. The first-order valence-corrected chi connectivity index (χ1v) is 5.65. The van der Waals surface area contributed by atoms with Crippen molar-refractivity contribution >= 4 is 17.9 Å². The zero-order valence-corrected chi connectivity index (χ0v) is 10.4. The lowest BCUT2D eigenvalue weighted by Gasteiger charge is -2.10. The molecular weight excluding hydrogens is 252 g/mol.